The number of nitrogens with one attached hydrogen (secondary N) is 1. The summed E-state index contributed by atoms with van der Waals surface area (Å²) in [5.41, 5.74) is 6.46. The topological polar surface area (TPSA) is 51.7 Å². The minimum absolute atomic E-state index is 0.208. The van der Waals surface area contributed by atoms with Gasteiger partial charge in [-0.05, 0) is 68.6 Å². The number of carbonyl (C=O) groups excluding carboxylic acids is 1. The summed E-state index contributed by atoms with van der Waals surface area (Å²) >= 11 is 0. The van der Waals surface area contributed by atoms with Crippen LogP contribution in [0, 0.1) is 0 Å². The molecule has 1 fully saturated rings. The lowest BCUT2D eigenvalue weighted by atomic mass is 9.89. The van der Waals surface area contributed by atoms with Crippen molar-refractivity contribution in [2.24, 2.45) is 0 Å². The van der Waals surface area contributed by atoms with Gasteiger partial charge in [0.05, 0.1) is 18.3 Å². The van der Waals surface area contributed by atoms with Gasteiger partial charge >= 0.3 is 0 Å². The van der Waals surface area contributed by atoms with E-state index in [1.54, 1.807) is 0 Å². The van der Waals surface area contributed by atoms with Gasteiger partial charge in [0.25, 0.3) is 0 Å². The van der Waals surface area contributed by atoms with Gasteiger partial charge in [-0.15, -0.1) is 0 Å². The summed E-state index contributed by atoms with van der Waals surface area (Å²) in [6, 6.07) is 11.5. The van der Waals surface area contributed by atoms with Gasteiger partial charge in [0.2, 0.25) is 5.91 Å². The molecule has 1 aromatic heterocycles. The molecule has 3 heterocycles. The Labute approximate surface area is 185 Å². The zero-order chi connectivity index (χ0) is 21.4. The van der Waals surface area contributed by atoms with Gasteiger partial charge in [-0.1, -0.05) is 18.2 Å². The molecule has 3 aliphatic rings. The second kappa shape index (κ2) is 8.69. The number of amides is 1. The monoisotopic (exact) mass is 419 g/mol. The maximum absolute atomic E-state index is 12.7. The summed E-state index contributed by atoms with van der Waals surface area (Å²) in [6.45, 7) is 4.04. The fourth-order valence-electron chi connectivity index (χ4n) is 5.51. The van der Waals surface area contributed by atoms with E-state index >= 15 is 0 Å². The normalized spacial score (nSPS) is 24.2. The number of piperazine rings is 1. The van der Waals surface area contributed by atoms with E-state index in [9.17, 15) is 4.79 Å². The average molecular weight is 420 g/mol. The maximum atomic E-state index is 12.7. The van der Waals surface area contributed by atoms with Crippen LogP contribution in [0.25, 0.3) is 0 Å². The zero-order valence-electron chi connectivity index (χ0n) is 18.7. The van der Waals surface area contributed by atoms with Gasteiger partial charge in [0, 0.05) is 44.1 Å². The zero-order valence-corrected chi connectivity index (χ0v) is 18.7. The van der Waals surface area contributed by atoms with E-state index in [-0.39, 0.29) is 5.91 Å². The van der Waals surface area contributed by atoms with Gasteiger partial charge in [-0.25, -0.2) is 0 Å². The Kier molecular flexibility index (Phi) is 5.78. The SMILES string of the molecule is CN1CCN(c2cccc3c2CC(CN(C)[C@H]2CCCc4cccnc42)NC3)C(=O)C1. The van der Waals surface area contributed by atoms with Crippen LogP contribution in [-0.4, -0.2) is 67.0 Å². The number of pyridine rings is 1. The average Bonchev–Trinajstić information content (AvgIpc) is 2.78. The predicted molar refractivity (Wildman–Crippen MR) is 123 cm³/mol. The third-order valence-corrected chi connectivity index (χ3v) is 7.19. The van der Waals surface area contributed by atoms with Crippen molar-refractivity contribution >= 4 is 11.6 Å². The highest BCUT2D eigenvalue weighted by Crippen LogP contribution is 2.33. The minimum atomic E-state index is 0.208. The number of rotatable bonds is 4. The number of anilines is 1. The van der Waals surface area contributed by atoms with E-state index in [1.165, 1.54) is 35.2 Å². The molecule has 1 amide bonds. The van der Waals surface area contributed by atoms with Crippen molar-refractivity contribution in [3.8, 4) is 0 Å². The van der Waals surface area contributed by atoms with Gasteiger partial charge < -0.3 is 10.2 Å². The van der Waals surface area contributed by atoms with E-state index in [1.807, 2.05) is 18.1 Å². The Balaban J connectivity index is 1.33. The first kappa shape index (κ1) is 20.6. The molecule has 2 aromatic rings. The van der Waals surface area contributed by atoms with Gasteiger partial charge in [-0.3, -0.25) is 19.6 Å². The summed E-state index contributed by atoms with van der Waals surface area (Å²) in [7, 11) is 4.26. The molecule has 1 aromatic carbocycles. The number of aryl methyl sites for hydroxylation is 1. The summed E-state index contributed by atoms with van der Waals surface area (Å²) in [6.07, 6.45) is 6.43. The van der Waals surface area contributed by atoms with E-state index in [4.69, 9.17) is 4.98 Å². The van der Waals surface area contributed by atoms with E-state index < -0.39 is 0 Å². The van der Waals surface area contributed by atoms with Crippen LogP contribution in [-0.2, 0) is 24.2 Å². The molecule has 1 N–H and O–H groups in total. The fraction of sp³-hybridized carbons (Fsp3) is 0.520. The smallest absolute Gasteiger partial charge is 0.241 e. The van der Waals surface area contributed by atoms with Crippen molar-refractivity contribution in [2.45, 2.75) is 44.3 Å². The van der Waals surface area contributed by atoms with E-state index in [2.05, 4.69) is 52.5 Å². The van der Waals surface area contributed by atoms with Crippen LogP contribution in [0.5, 0.6) is 0 Å². The second-order valence-corrected chi connectivity index (χ2v) is 9.38. The molecule has 164 valence electrons. The lowest BCUT2D eigenvalue weighted by Gasteiger charge is -2.38. The van der Waals surface area contributed by atoms with Crippen molar-refractivity contribution < 1.29 is 4.79 Å². The van der Waals surface area contributed by atoms with Gasteiger partial charge in [0.15, 0.2) is 0 Å². The van der Waals surface area contributed by atoms with Crippen LogP contribution in [0.1, 0.15) is 41.3 Å². The first-order valence-corrected chi connectivity index (χ1v) is 11.6. The second-order valence-electron chi connectivity index (χ2n) is 9.38. The quantitative estimate of drug-likeness (QED) is 0.825. The van der Waals surface area contributed by atoms with Gasteiger partial charge in [-0.2, -0.15) is 0 Å². The number of carbonyl (C=O) groups is 1. The number of fused-ring (bicyclic) bond motifs is 2. The number of likely N-dealkylation sites (N-methyl/N-ethyl adjacent to an activating group) is 2. The number of nitrogens with zero attached hydrogens (tertiary/aromatic N) is 4. The van der Waals surface area contributed by atoms with Gasteiger partial charge in [0.1, 0.15) is 0 Å². The summed E-state index contributed by atoms with van der Waals surface area (Å²) in [4.78, 5) is 24.0. The summed E-state index contributed by atoms with van der Waals surface area (Å²) in [5.74, 6) is 0.208. The van der Waals surface area contributed by atoms with Crippen LogP contribution in [0.4, 0.5) is 5.69 Å². The highest BCUT2D eigenvalue weighted by molar-refractivity contribution is 5.96. The third-order valence-electron chi connectivity index (χ3n) is 7.19. The molecule has 0 spiro atoms. The van der Waals surface area contributed by atoms with Crippen LogP contribution in [0.2, 0.25) is 0 Å². The van der Waals surface area contributed by atoms with Crippen LogP contribution >= 0.6 is 0 Å². The first-order valence-electron chi connectivity index (χ1n) is 11.6. The number of benzene rings is 1. The maximum Gasteiger partial charge on any atom is 0.241 e. The molecule has 1 saturated heterocycles. The number of aromatic nitrogens is 1. The summed E-state index contributed by atoms with van der Waals surface area (Å²) in [5, 5.41) is 3.74. The molecule has 2 atom stereocenters. The highest BCUT2D eigenvalue weighted by atomic mass is 16.2. The molecule has 1 aliphatic carbocycles. The molecule has 0 radical (unpaired) electrons. The fourth-order valence-corrected chi connectivity index (χ4v) is 5.51. The van der Waals surface area contributed by atoms with E-state index in [0.29, 0.717) is 18.6 Å². The van der Waals surface area contributed by atoms with Crippen molar-refractivity contribution in [1.29, 1.82) is 0 Å². The molecule has 2 aliphatic heterocycles. The van der Waals surface area contributed by atoms with Crippen molar-refractivity contribution in [2.75, 3.05) is 45.2 Å². The molecule has 6 nitrogen and oxygen atoms in total. The molecule has 31 heavy (non-hydrogen) atoms. The van der Waals surface area contributed by atoms with Crippen molar-refractivity contribution in [3.63, 3.8) is 0 Å². The predicted octanol–water partition coefficient (Wildman–Crippen LogP) is 2.38. The molecular formula is C25H33N5O. The summed E-state index contributed by atoms with van der Waals surface area (Å²) < 4.78 is 0. The molecule has 0 bridgehead atoms. The molecule has 0 saturated carbocycles. The molecule has 1 unspecified atom stereocenters. The van der Waals surface area contributed by atoms with Crippen LogP contribution in [0.3, 0.4) is 0 Å². The number of hydrogen-bond acceptors (Lipinski definition) is 5. The number of hydrogen-bond donors (Lipinski definition) is 1. The van der Waals surface area contributed by atoms with Crippen molar-refractivity contribution in [3.05, 3.63) is 58.9 Å². The highest BCUT2D eigenvalue weighted by Gasteiger charge is 2.30. The lowest BCUT2D eigenvalue weighted by Crippen LogP contribution is -2.50. The lowest BCUT2D eigenvalue weighted by molar-refractivity contribution is -0.120. The molecule has 6 heteroatoms. The van der Waals surface area contributed by atoms with E-state index in [0.717, 1.165) is 44.7 Å². The Morgan fingerprint density at radius 1 is 1.19 bits per heavy atom. The Morgan fingerprint density at radius 3 is 2.94 bits per heavy atom. The Bertz CT molecular complexity index is 961. The molecule has 5 rings (SSSR count). The minimum Gasteiger partial charge on any atom is -0.310 e. The first-order chi connectivity index (χ1) is 15.1. The Morgan fingerprint density at radius 2 is 2.06 bits per heavy atom. The Hall–Kier alpha value is -2.28. The molecular weight excluding hydrogens is 386 g/mol. The van der Waals surface area contributed by atoms with Crippen LogP contribution < -0.4 is 10.2 Å². The van der Waals surface area contributed by atoms with Crippen molar-refractivity contribution in [1.82, 2.24) is 20.1 Å². The largest absolute Gasteiger partial charge is 0.310 e. The van der Waals surface area contributed by atoms with Crippen LogP contribution in [0.15, 0.2) is 36.5 Å². The third kappa shape index (κ3) is 4.12. The standard InChI is InChI=1S/C25H33N5O/c1-28-12-13-30(24(31)17-28)22-9-4-7-19-15-27-20(14-21(19)22)16-29(2)23-10-3-6-18-8-5-11-26-25(18)23/h4-5,7-9,11,20,23,27H,3,6,10,12-17H2,1-2H3/t20?,23-/m0/s1.